The first-order valence-corrected chi connectivity index (χ1v) is 18.2. The number of rotatable bonds is 14. The highest BCUT2D eigenvalue weighted by Crippen LogP contribution is 2.48. The van der Waals surface area contributed by atoms with Crippen molar-refractivity contribution >= 4 is 16.7 Å². The molecule has 1 heterocycles. The Morgan fingerprint density at radius 3 is 1.59 bits per heavy atom. The van der Waals surface area contributed by atoms with Crippen LogP contribution < -0.4 is 9.47 Å². The summed E-state index contributed by atoms with van der Waals surface area (Å²) in [6.45, 7) is 4.42. The van der Waals surface area contributed by atoms with Gasteiger partial charge in [-0.3, -0.25) is 4.79 Å². The Balaban J connectivity index is 1.32. The van der Waals surface area contributed by atoms with Crippen LogP contribution in [0.2, 0.25) is 0 Å². The maximum atomic E-state index is 12.5. The molecule has 0 unspecified atom stereocenters. The highest BCUT2D eigenvalue weighted by molar-refractivity contribution is 6.00. The molecule has 5 atom stereocenters. The van der Waals surface area contributed by atoms with Gasteiger partial charge < -0.3 is 33.5 Å². The van der Waals surface area contributed by atoms with Crippen molar-refractivity contribution in [3.05, 3.63) is 173 Å². The van der Waals surface area contributed by atoms with E-state index in [1.165, 1.54) is 6.92 Å². The quantitative estimate of drug-likeness (QED) is 0.0878. The van der Waals surface area contributed by atoms with Crippen molar-refractivity contribution in [1.82, 2.24) is 0 Å². The monoisotopic (exact) mass is 724 g/mol. The Kier molecular flexibility index (Phi) is 12.0. The van der Waals surface area contributed by atoms with Crippen molar-refractivity contribution in [2.24, 2.45) is 0 Å². The number of esters is 1. The van der Waals surface area contributed by atoms with E-state index in [-0.39, 0.29) is 24.7 Å². The van der Waals surface area contributed by atoms with E-state index in [9.17, 15) is 9.90 Å². The molecule has 1 N–H and O–H groups in total. The first-order chi connectivity index (χ1) is 26.4. The lowest BCUT2D eigenvalue weighted by atomic mass is 9.88. The van der Waals surface area contributed by atoms with Gasteiger partial charge in [0, 0.05) is 17.9 Å². The van der Waals surface area contributed by atoms with Crippen LogP contribution in [-0.4, -0.2) is 35.5 Å². The lowest BCUT2D eigenvalue weighted by molar-refractivity contribution is -0.264. The zero-order valence-electron chi connectivity index (χ0n) is 30.4. The van der Waals surface area contributed by atoms with E-state index in [1.807, 2.05) is 134 Å². The average molecular weight is 725 g/mol. The number of ether oxygens (including phenoxy) is 6. The molecule has 0 spiro atoms. The molecule has 0 amide bonds. The zero-order valence-corrected chi connectivity index (χ0v) is 30.4. The first kappa shape index (κ1) is 36.8. The van der Waals surface area contributed by atoms with Gasteiger partial charge in [-0.1, -0.05) is 133 Å². The molecule has 6 aromatic carbocycles. The summed E-state index contributed by atoms with van der Waals surface area (Å²) in [6, 6.07) is 46.6. The number of aromatic hydroxyl groups is 1. The number of phenolic OH excluding ortho intramolecular Hbond substituents is 1. The maximum Gasteiger partial charge on any atom is 0.308 e. The second-order valence-electron chi connectivity index (χ2n) is 13.4. The highest BCUT2D eigenvalue weighted by Gasteiger charge is 2.48. The molecule has 1 saturated heterocycles. The SMILES string of the molecule is CC(=O)Oc1cc([C@@H]2O[C@@H](C)[C@H](OCc3ccccc3)[C@@H](OCc3ccccc3)[C@H]2OCc2ccccc2)c(O)c2c(OCc3ccccc3)cccc12. The third-order valence-electron chi connectivity index (χ3n) is 9.51. The average Bonchev–Trinajstić information content (AvgIpc) is 3.20. The Labute approximate surface area is 315 Å². The first-order valence-electron chi connectivity index (χ1n) is 18.2. The smallest absolute Gasteiger partial charge is 0.308 e. The van der Waals surface area contributed by atoms with E-state index in [2.05, 4.69) is 0 Å². The van der Waals surface area contributed by atoms with Gasteiger partial charge in [-0.05, 0) is 41.3 Å². The van der Waals surface area contributed by atoms with Crippen LogP contribution >= 0.6 is 0 Å². The molecule has 8 nitrogen and oxygen atoms in total. The molecule has 0 aliphatic carbocycles. The van der Waals surface area contributed by atoms with E-state index >= 15 is 0 Å². The second kappa shape index (κ2) is 17.5. The minimum atomic E-state index is -0.873. The normalized spacial score (nSPS) is 19.7. The van der Waals surface area contributed by atoms with E-state index < -0.39 is 36.5 Å². The third kappa shape index (κ3) is 8.81. The lowest BCUT2D eigenvalue weighted by Crippen LogP contribution is -2.56. The van der Waals surface area contributed by atoms with Crippen molar-refractivity contribution in [2.45, 2.75) is 70.8 Å². The van der Waals surface area contributed by atoms with Gasteiger partial charge in [-0.15, -0.1) is 0 Å². The number of fused-ring (bicyclic) bond motifs is 1. The van der Waals surface area contributed by atoms with Gasteiger partial charge >= 0.3 is 5.97 Å². The fourth-order valence-corrected chi connectivity index (χ4v) is 6.89. The van der Waals surface area contributed by atoms with Crippen molar-refractivity contribution in [1.29, 1.82) is 0 Å². The largest absolute Gasteiger partial charge is 0.507 e. The van der Waals surface area contributed by atoms with Gasteiger partial charge in [-0.25, -0.2) is 0 Å². The molecule has 1 aliphatic heterocycles. The maximum absolute atomic E-state index is 12.5. The van der Waals surface area contributed by atoms with E-state index in [4.69, 9.17) is 28.4 Å². The van der Waals surface area contributed by atoms with Crippen LogP contribution in [0.1, 0.15) is 47.8 Å². The molecule has 7 rings (SSSR count). The molecular weight excluding hydrogens is 680 g/mol. The van der Waals surface area contributed by atoms with Crippen molar-refractivity contribution in [3.8, 4) is 17.2 Å². The number of benzene rings is 6. The Hall–Kier alpha value is -5.51. The number of carbonyl (C=O) groups excluding carboxylic acids is 1. The zero-order chi connectivity index (χ0) is 37.3. The summed E-state index contributed by atoms with van der Waals surface area (Å²) in [4.78, 5) is 12.5. The van der Waals surface area contributed by atoms with E-state index in [0.29, 0.717) is 35.3 Å². The molecule has 8 heteroatoms. The van der Waals surface area contributed by atoms with E-state index in [0.717, 1.165) is 22.3 Å². The highest BCUT2D eigenvalue weighted by atomic mass is 16.6. The number of hydrogen-bond donors (Lipinski definition) is 1. The third-order valence-corrected chi connectivity index (χ3v) is 9.51. The summed E-state index contributed by atoms with van der Waals surface area (Å²) in [5.74, 6) is 0.116. The minimum Gasteiger partial charge on any atom is -0.507 e. The molecule has 0 aromatic heterocycles. The predicted molar refractivity (Wildman–Crippen MR) is 206 cm³/mol. The standard InChI is InChI=1S/C46H44O8/c1-31-43(50-28-34-18-9-4-10-19-34)45(51-29-35-20-11-5-12-21-35)46(52-30-36-22-13-6-14-23-36)44(53-31)38-26-40(54-32(2)47)37-24-15-25-39(41(37)42(38)48)49-27-33-16-7-3-8-17-33/h3-26,31,43-46,48H,27-30H2,1-2H3/t31-,43-,44-,45+,46-/m0/s1. The summed E-state index contributed by atoms with van der Waals surface area (Å²) >= 11 is 0. The summed E-state index contributed by atoms with van der Waals surface area (Å²) < 4.78 is 39.2. The summed E-state index contributed by atoms with van der Waals surface area (Å²) in [7, 11) is 0. The lowest BCUT2D eigenvalue weighted by Gasteiger charge is -2.45. The minimum absolute atomic E-state index is 0.0689. The van der Waals surface area contributed by atoms with Crippen LogP contribution in [-0.2, 0) is 50.2 Å². The molecule has 54 heavy (non-hydrogen) atoms. The summed E-state index contributed by atoms with van der Waals surface area (Å²) in [5.41, 5.74) is 4.29. The van der Waals surface area contributed by atoms with Crippen LogP contribution in [0.3, 0.4) is 0 Å². The molecule has 276 valence electrons. The Morgan fingerprint density at radius 2 is 1.07 bits per heavy atom. The van der Waals surface area contributed by atoms with Crippen molar-refractivity contribution in [2.75, 3.05) is 0 Å². The molecule has 0 bridgehead atoms. The van der Waals surface area contributed by atoms with Gasteiger partial charge in [0.15, 0.2) is 0 Å². The van der Waals surface area contributed by atoms with Gasteiger partial charge in [0.1, 0.15) is 48.3 Å². The fraction of sp³-hybridized carbons (Fsp3) is 0.239. The molecule has 1 fully saturated rings. The van der Waals surface area contributed by atoms with Crippen LogP contribution in [0.4, 0.5) is 0 Å². The molecule has 0 saturated carbocycles. The van der Waals surface area contributed by atoms with Crippen molar-refractivity contribution in [3.63, 3.8) is 0 Å². The van der Waals surface area contributed by atoms with Crippen LogP contribution in [0.15, 0.2) is 146 Å². The molecule has 6 aromatic rings. The Morgan fingerprint density at radius 1 is 0.593 bits per heavy atom. The second-order valence-corrected chi connectivity index (χ2v) is 13.4. The Bertz CT molecular complexity index is 2110. The van der Waals surface area contributed by atoms with Crippen LogP contribution in [0, 0.1) is 0 Å². The van der Waals surface area contributed by atoms with Crippen LogP contribution in [0.5, 0.6) is 17.2 Å². The number of hydrogen-bond acceptors (Lipinski definition) is 8. The van der Waals surface area contributed by atoms with Gasteiger partial charge in [-0.2, -0.15) is 0 Å². The van der Waals surface area contributed by atoms with Crippen molar-refractivity contribution < 1.29 is 38.3 Å². The predicted octanol–water partition coefficient (Wildman–Crippen LogP) is 9.27. The van der Waals surface area contributed by atoms with Gasteiger partial charge in [0.2, 0.25) is 0 Å². The summed E-state index contributed by atoms with van der Waals surface area (Å²) in [5, 5.41) is 13.2. The fourth-order valence-electron chi connectivity index (χ4n) is 6.89. The van der Waals surface area contributed by atoms with Gasteiger partial charge in [0.25, 0.3) is 0 Å². The molecule has 1 aliphatic rings. The molecule has 0 radical (unpaired) electrons. The van der Waals surface area contributed by atoms with E-state index in [1.54, 1.807) is 18.2 Å². The number of carbonyl (C=O) groups is 1. The summed E-state index contributed by atoms with van der Waals surface area (Å²) in [6.07, 6.45) is -3.36. The van der Waals surface area contributed by atoms with Gasteiger partial charge in [0.05, 0.1) is 31.3 Å². The molecular formula is C46H44O8. The number of phenols is 1. The van der Waals surface area contributed by atoms with Crippen LogP contribution in [0.25, 0.3) is 10.8 Å². The topological polar surface area (TPSA) is 92.7 Å².